The van der Waals surface area contributed by atoms with Gasteiger partial charge in [0.15, 0.2) is 16.4 Å². The molecule has 26 heavy (non-hydrogen) atoms. The summed E-state index contributed by atoms with van der Waals surface area (Å²) in [5.41, 5.74) is 1.36. The second-order valence-corrected chi connectivity index (χ2v) is 7.76. The van der Waals surface area contributed by atoms with E-state index in [9.17, 15) is 18.0 Å². The molecule has 0 radical (unpaired) electrons. The number of ether oxygens (including phenoxy) is 2. The molecule has 0 unspecified atom stereocenters. The lowest BCUT2D eigenvalue weighted by Crippen LogP contribution is -2.20. The highest BCUT2D eigenvalue weighted by molar-refractivity contribution is 7.89. The van der Waals surface area contributed by atoms with Gasteiger partial charge < -0.3 is 14.8 Å². The first-order chi connectivity index (χ1) is 12.3. The van der Waals surface area contributed by atoms with Crippen LogP contribution in [0.3, 0.4) is 0 Å². The Balaban J connectivity index is 1.86. The van der Waals surface area contributed by atoms with Gasteiger partial charge in [0.2, 0.25) is 0 Å². The summed E-state index contributed by atoms with van der Waals surface area (Å²) in [5, 5.41) is 2.60. The third kappa shape index (κ3) is 6.21. The number of carbonyl (C=O) groups excluding carboxylic acids is 2. The van der Waals surface area contributed by atoms with Gasteiger partial charge in [0.25, 0.3) is 5.91 Å². The highest BCUT2D eigenvalue weighted by Gasteiger charge is 2.11. The lowest BCUT2D eigenvalue weighted by atomic mass is 10.1. The number of sulfone groups is 1. The summed E-state index contributed by atoms with van der Waals surface area (Å²) in [6.07, 6.45) is 1.14. The molecule has 0 aliphatic rings. The van der Waals surface area contributed by atoms with Crippen molar-refractivity contribution in [3.8, 4) is 5.75 Å². The topological polar surface area (TPSA) is 98.8 Å². The molecule has 0 aliphatic heterocycles. The number of benzene rings is 2. The predicted octanol–water partition coefficient (Wildman–Crippen LogP) is 2.04. The van der Waals surface area contributed by atoms with Crippen molar-refractivity contribution in [3.63, 3.8) is 0 Å². The summed E-state index contributed by atoms with van der Waals surface area (Å²) >= 11 is 0. The molecule has 0 saturated carbocycles. The van der Waals surface area contributed by atoms with Crippen molar-refractivity contribution in [3.05, 3.63) is 59.7 Å². The van der Waals surface area contributed by atoms with Gasteiger partial charge in [0.1, 0.15) is 5.75 Å². The SMILES string of the molecule is COc1ccc(NC(=O)COC(=O)c2ccc(CS(C)(=O)=O)cc2)cc1. The summed E-state index contributed by atoms with van der Waals surface area (Å²) in [6.45, 7) is -0.435. The van der Waals surface area contributed by atoms with Gasteiger partial charge in [-0.3, -0.25) is 4.79 Å². The van der Waals surface area contributed by atoms with Crippen molar-refractivity contribution in [1.82, 2.24) is 0 Å². The van der Waals surface area contributed by atoms with E-state index >= 15 is 0 Å². The van der Waals surface area contributed by atoms with Gasteiger partial charge in [-0.2, -0.15) is 0 Å². The third-order valence-electron chi connectivity index (χ3n) is 3.33. The monoisotopic (exact) mass is 377 g/mol. The fraction of sp³-hybridized carbons (Fsp3) is 0.222. The van der Waals surface area contributed by atoms with Gasteiger partial charge in [0, 0.05) is 11.9 Å². The Labute approximate surface area is 151 Å². The lowest BCUT2D eigenvalue weighted by molar-refractivity contribution is -0.119. The van der Waals surface area contributed by atoms with Crippen LogP contribution in [0, 0.1) is 0 Å². The Morgan fingerprint density at radius 2 is 1.62 bits per heavy atom. The van der Waals surface area contributed by atoms with Crippen LogP contribution in [0.1, 0.15) is 15.9 Å². The van der Waals surface area contributed by atoms with E-state index in [4.69, 9.17) is 9.47 Å². The molecule has 1 N–H and O–H groups in total. The van der Waals surface area contributed by atoms with Crippen molar-refractivity contribution in [2.75, 3.05) is 25.3 Å². The van der Waals surface area contributed by atoms with Crippen LogP contribution < -0.4 is 10.1 Å². The minimum atomic E-state index is -3.14. The van der Waals surface area contributed by atoms with E-state index in [1.54, 1.807) is 31.4 Å². The largest absolute Gasteiger partial charge is 0.497 e. The van der Waals surface area contributed by atoms with Gasteiger partial charge in [-0.15, -0.1) is 0 Å². The molecule has 0 fully saturated rings. The van der Waals surface area contributed by atoms with Crippen molar-refractivity contribution in [2.45, 2.75) is 5.75 Å². The molecule has 0 bridgehead atoms. The number of amides is 1. The smallest absolute Gasteiger partial charge is 0.338 e. The summed E-state index contributed by atoms with van der Waals surface area (Å²) < 4.78 is 32.5. The molecule has 138 valence electrons. The van der Waals surface area contributed by atoms with Crippen LogP contribution in [0.15, 0.2) is 48.5 Å². The Hall–Kier alpha value is -2.87. The molecule has 0 aromatic heterocycles. The molecule has 0 saturated heterocycles. The van der Waals surface area contributed by atoms with Gasteiger partial charge in [-0.25, -0.2) is 13.2 Å². The second-order valence-electron chi connectivity index (χ2n) is 5.62. The molecular formula is C18H19NO6S. The van der Waals surface area contributed by atoms with Gasteiger partial charge in [-0.1, -0.05) is 12.1 Å². The summed E-state index contributed by atoms with van der Waals surface area (Å²) in [6, 6.07) is 12.7. The predicted molar refractivity (Wildman–Crippen MR) is 96.9 cm³/mol. The number of rotatable bonds is 7. The number of methoxy groups -OCH3 is 1. The van der Waals surface area contributed by atoms with Crippen LogP contribution in [0.25, 0.3) is 0 Å². The van der Waals surface area contributed by atoms with Crippen molar-refractivity contribution in [1.29, 1.82) is 0 Å². The van der Waals surface area contributed by atoms with Gasteiger partial charge in [0.05, 0.1) is 18.4 Å². The fourth-order valence-electron chi connectivity index (χ4n) is 2.13. The van der Waals surface area contributed by atoms with Crippen LogP contribution in [-0.4, -0.2) is 40.3 Å². The number of anilines is 1. The quantitative estimate of drug-likeness (QED) is 0.742. The van der Waals surface area contributed by atoms with Crippen LogP contribution >= 0.6 is 0 Å². The first-order valence-electron chi connectivity index (χ1n) is 7.64. The van der Waals surface area contributed by atoms with Gasteiger partial charge >= 0.3 is 5.97 Å². The number of nitrogens with one attached hydrogen (secondary N) is 1. The Bertz CT molecular complexity index is 873. The highest BCUT2D eigenvalue weighted by Crippen LogP contribution is 2.15. The Kier molecular flexibility index (Phi) is 6.35. The lowest BCUT2D eigenvalue weighted by Gasteiger charge is -2.08. The standard InChI is InChI=1S/C18H19NO6S/c1-24-16-9-7-15(8-10-16)19-17(20)11-25-18(21)14-5-3-13(4-6-14)12-26(2,22)23/h3-10H,11-12H2,1-2H3,(H,19,20). The van der Waals surface area contributed by atoms with Crippen molar-refractivity contribution in [2.24, 2.45) is 0 Å². The number of esters is 1. The highest BCUT2D eigenvalue weighted by atomic mass is 32.2. The number of hydrogen-bond acceptors (Lipinski definition) is 6. The van der Waals surface area contributed by atoms with Crippen LogP contribution in [-0.2, 0) is 25.1 Å². The molecule has 2 aromatic carbocycles. The molecule has 0 aliphatic carbocycles. The summed E-state index contributed by atoms with van der Waals surface area (Å²) in [4.78, 5) is 23.8. The maximum Gasteiger partial charge on any atom is 0.338 e. The normalized spacial score (nSPS) is 10.8. The maximum atomic E-state index is 11.9. The van der Waals surface area contributed by atoms with Crippen molar-refractivity contribution >= 4 is 27.4 Å². The zero-order valence-electron chi connectivity index (χ0n) is 14.4. The Morgan fingerprint density at radius 3 is 2.15 bits per heavy atom. The fourth-order valence-corrected chi connectivity index (χ4v) is 2.92. The molecule has 2 rings (SSSR count). The maximum absolute atomic E-state index is 11.9. The van der Waals surface area contributed by atoms with E-state index in [1.165, 1.54) is 24.3 Å². The van der Waals surface area contributed by atoms with Crippen molar-refractivity contribution < 1.29 is 27.5 Å². The van der Waals surface area contributed by atoms with E-state index in [0.29, 0.717) is 17.0 Å². The van der Waals surface area contributed by atoms with E-state index in [-0.39, 0.29) is 11.3 Å². The number of hydrogen-bond donors (Lipinski definition) is 1. The average molecular weight is 377 g/mol. The van der Waals surface area contributed by atoms with E-state index < -0.39 is 28.3 Å². The van der Waals surface area contributed by atoms with E-state index in [0.717, 1.165) is 6.26 Å². The minimum Gasteiger partial charge on any atom is -0.497 e. The van der Waals surface area contributed by atoms with Crippen LogP contribution in [0.5, 0.6) is 5.75 Å². The van der Waals surface area contributed by atoms with E-state index in [2.05, 4.69) is 5.32 Å². The average Bonchev–Trinajstić information content (AvgIpc) is 2.59. The molecular weight excluding hydrogens is 358 g/mol. The molecule has 0 heterocycles. The summed E-state index contributed by atoms with van der Waals surface area (Å²) in [5.74, 6) is -0.584. The first kappa shape index (κ1) is 19.5. The third-order valence-corrected chi connectivity index (χ3v) is 4.18. The summed E-state index contributed by atoms with van der Waals surface area (Å²) in [7, 11) is -1.60. The first-order valence-corrected chi connectivity index (χ1v) is 9.70. The molecule has 0 spiro atoms. The van der Waals surface area contributed by atoms with Gasteiger partial charge in [-0.05, 0) is 42.0 Å². The number of carbonyl (C=O) groups is 2. The molecule has 8 heteroatoms. The minimum absolute atomic E-state index is 0.105. The van der Waals surface area contributed by atoms with E-state index in [1.807, 2.05) is 0 Å². The van der Waals surface area contributed by atoms with Crippen LogP contribution in [0.4, 0.5) is 5.69 Å². The second kappa shape index (κ2) is 8.48. The molecule has 7 nitrogen and oxygen atoms in total. The van der Waals surface area contributed by atoms with Crippen LogP contribution in [0.2, 0.25) is 0 Å². The zero-order chi connectivity index (χ0) is 19.2. The zero-order valence-corrected chi connectivity index (χ0v) is 15.2. The Morgan fingerprint density at radius 1 is 1.00 bits per heavy atom. The molecule has 2 aromatic rings. The molecule has 0 atom stereocenters. The molecule has 1 amide bonds.